The van der Waals surface area contributed by atoms with Crippen LogP contribution in [0.4, 0.5) is 28.4 Å². The van der Waals surface area contributed by atoms with Crippen LogP contribution in [0.3, 0.4) is 0 Å². The zero-order chi connectivity index (χ0) is 46.2. The fraction of sp³-hybridized carbons (Fsp3) is 0.270. The van der Waals surface area contributed by atoms with Crippen LogP contribution < -0.4 is 20.5 Å². The van der Waals surface area contributed by atoms with E-state index in [2.05, 4.69) is 218 Å². The van der Waals surface area contributed by atoms with Gasteiger partial charge in [0.2, 0.25) is 7.28 Å². The number of nitrogens with zero attached hydrogens (tertiary/aromatic N) is 1. The zero-order valence-electron chi connectivity index (χ0n) is 40.7. The molecule has 8 aromatic carbocycles. The van der Waals surface area contributed by atoms with Gasteiger partial charge in [0.05, 0.1) is 5.69 Å². The van der Waals surface area contributed by atoms with E-state index in [-0.39, 0.29) is 21.7 Å². The molecule has 0 atom stereocenters. The smallest absolute Gasteiger partial charge is 0.211 e. The highest BCUT2D eigenvalue weighted by Gasteiger charge is 2.42. The highest BCUT2D eigenvalue weighted by Crippen LogP contribution is 2.54. The molecular formula is C63H61BN2S. The minimum absolute atomic E-state index is 0.0691. The third-order valence-electron chi connectivity index (χ3n) is 16.5. The molecule has 0 bridgehead atoms. The van der Waals surface area contributed by atoms with Crippen LogP contribution in [0.5, 0.6) is 0 Å². The summed E-state index contributed by atoms with van der Waals surface area (Å²) in [5, 5.41) is 10.4. The first-order chi connectivity index (χ1) is 32.1. The van der Waals surface area contributed by atoms with Crippen LogP contribution in [-0.4, -0.2) is 7.28 Å². The molecule has 0 saturated carbocycles. The van der Waals surface area contributed by atoms with E-state index < -0.39 is 0 Å². The van der Waals surface area contributed by atoms with Crippen LogP contribution in [0.1, 0.15) is 109 Å². The lowest BCUT2D eigenvalue weighted by atomic mass is 9.60. The lowest BCUT2D eigenvalue weighted by molar-refractivity contribution is 0.332. The minimum atomic E-state index is 0.0691. The van der Waals surface area contributed by atoms with Gasteiger partial charge in [-0.05, 0) is 179 Å². The quantitative estimate of drug-likeness (QED) is 0.173. The van der Waals surface area contributed by atoms with E-state index in [0.717, 1.165) is 18.7 Å². The molecule has 2 nitrogen and oxygen atoms in total. The Balaban J connectivity index is 1.14. The van der Waals surface area contributed by atoms with Gasteiger partial charge < -0.3 is 10.2 Å². The van der Waals surface area contributed by atoms with Crippen LogP contribution in [0.15, 0.2) is 146 Å². The van der Waals surface area contributed by atoms with E-state index in [1.807, 2.05) is 11.3 Å². The third kappa shape index (κ3) is 6.80. The molecule has 12 rings (SSSR count). The van der Waals surface area contributed by atoms with Crippen molar-refractivity contribution in [2.75, 3.05) is 10.2 Å². The number of hydrogen-bond donors (Lipinski definition) is 1. The molecule has 0 amide bonds. The maximum Gasteiger partial charge on any atom is 0.211 e. The Morgan fingerprint density at radius 1 is 0.507 bits per heavy atom. The summed E-state index contributed by atoms with van der Waals surface area (Å²) in [6.07, 6.45) is 4.78. The fourth-order valence-electron chi connectivity index (χ4n) is 12.2. The summed E-state index contributed by atoms with van der Waals surface area (Å²) < 4.78 is 2.85. The van der Waals surface area contributed by atoms with Gasteiger partial charge >= 0.3 is 0 Å². The molecule has 0 fully saturated rings. The standard InChI is InChI=1S/C63H61BN2S/c1-38-31-48-50(62(6,7)29-27-60(48,2)3)36-53(38)66-54-34-43-21-15-16-22-45(43)56(57(54)64-59-58(66)47-35-49-51(37-55(47)67-59)63(8,9)30-28-61(49,4)5)46-32-41-19-13-14-20-42(41)33-52(46)65-44-25-23-40(24-26-44)39-17-11-10-12-18-39/h10-26,31-37,64-65H,27-30H2,1-9H3. The van der Waals surface area contributed by atoms with Crippen LogP contribution >= 0.6 is 11.3 Å². The largest absolute Gasteiger partial charge is 0.355 e. The molecule has 332 valence electrons. The van der Waals surface area contributed by atoms with Gasteiger partial charge in [0, 0.05) is 38.4 Å². The molecule has 9 aromatic rings. The summed E-state index contributed by atoms with van der Waals surface area (Å²) in [6.45, 7) is 22.1. The molecule has 3 aliphatic rings. The summed E-state index contributed by atoms with van der Waals surface area (Å²) in [5.41, 5.74) is 20.4. The topological polar surface area (TPSA) is 15.3 Å². The molecule has 1 N–H and O–H groups in total. The Morgan fingerprint density at radius 2 is 1.06 bits per heavy atom. The molecule has 2 heterocycles. The number of anilines is 5. The van der Waals surface area contributed by atoms with E-state index in [0.29, 0.717) is 0 Å². The Bertz CT molecular complexity index is 3480. The van der Waals surface area contributed by atoms with Crippen molar-refractivity contribution in [2.45, 2.75) is 110 Å². The van der Waals surface area contributed by atoms with E-state index in [1.54, 1.807) is 0 Å². The Hall–Kier alpha value is -6.10. The van der Waals surface area contributed by atoms with Gasteiger partial charge in [-0.25, -0.2) is 0 Å². The van der Waals surface area contributed by atoms with Gasteiger partial charge in [0.15, 0.2) is 0 Å². The van der Waals surface area contributed by atoms with Crippen molar-refractivity contribution in [2.24, 2.45) is 0 Å². The van der Waals surface area contributed by atoms with E-state index in [1.165, 1.54) is 135 Å². The van der Waals surface area contributed by atoms with Crippen LogP contribution in [0.2, 0.25) is 0 Å². The van der Waals surface area contributed by atoms with Crippen molar-refractivity contribution < 1.29 is 0 Å². The lowest BCUT2D eigenvalue weighted by Gasteiger charge is -2.44. The predicted molar refractivity (Wildman–Crippen MR) is 294 cm³/mol. The molecule has 0 radical (unpaired) electrons. The average Bonchev–Trinajstić information content (AvgIpc) is 3.68. The molecule has 1 aromatic heterocycles. The number of hydrogen-bond acceptors (Lipinski definition) is 3. The van der Waals surface area contributed by atoms with Crippen LogP contribution in [0, 0.1) is 6.92 Å². The molecule has 67 heavy (non-hydrogen) atoms. The van der Waals surface area contributed by atoms with Crippen molar-refractivity contribution in [3.63, 3.8) is 0 Å². The van der Waals surface area contributed by atoms with E-state index in [9.17, 15) is 0 Å². The van der Waals surface area contributed by atoms with Gasteiger partial charge in [0.1, 0.15) is 0 Å². The summed E-state index contributed by atoms with van der Waals surface area (Å²) >= 11 is 2.03. The number of nitrogens with one attached hydrogen (secondary N) is 1. The normalized spacial score (nSPS) is 17.4. The van der Waals surface area contributed by atoms with E-state index in [4.69, 9.17) is 0 Å². The van der Waals surface area contributed by atoms with E-state index >= 15 is 0 Å². The first kappa shape index (κ1) is 42.3. The van der Waals surface area contributed by atoms with Gasteiger partial charge in [-0.3, -0.25) is 0 Å². The first-order valence-corrected chi connectivity index (χ1v) is 25.4. The first-order valence-electron chi connectivity index (χ1n) is 24.6. The summed E-state index contributed by atoms with van der Waals surface area (Å²) in [5.74, 6) is 0. The second kappa shape index (κ2) is 15.0. The average molecular weight is 889 g/mol. The van der Waals surface area contributed by atoms with Crippen molar-refractivity contribution in [3.8, 4) is 22.3 Å². The lowest BCUT2D eigenvalue weighted by Crippen LogP contribution is -2.40. The fourth-order valence-corrected chi connectivity index (χ4v) is 13.4. The molecule has 4 heteroatoms. The number of rotatable bonds is 5. The Morgan fingerprint density at radius 3 is 1.73 bits per heavy atom. The predicted octanol–water partition coefficient (Wildman–Crippen LogP) is 16.5. The van der Waals surface area contributed by atoms with Gasteiger partial charge in [-0.15, -0.1) is 11.3 Å². The molecule has 1 aliphatic heterocycles. The highest BCUT2D eigenvalue weighted by atomic mass is 32.1. The summed E-state index contributed by atoms with van der Waals surface area (Å²) in [4.78, 5) is 2.74. The minimum Gasteiger partial charge on any atom is -0.355 e. The summed E-state index contributed by atoms with van der Waals surface area (Å²) in [7, 11) is 0.860. The van der Waals surface area contributed by atoms with Crippen molar-refractivity contribution in [1.29, 1.82) is 0 Å². The van der Waals surface area contributed by atoms with Crippen molar-refractivity contribution in [3.05, 3.63) is 173 Å². The third-order valence-corrected chi connectivity index (χ3v) is 17.6. The maximum absolute atomic E-state index is 3.99. The maximum atomic E-state index is 3.99. The Kier molecular flexibility index (Phi) is 9.43. The van der Waals surface area contributed by atoms with Crippen molar-refractivity contribution >= 4 is 88.9 Å². The number of benzene rings is 8. The van der Waals surface area contributed by atoms with Gasteiger partial charge in [-0.2, -0.15) is 0 Å². The second-order valence-corrected chi connectivity index (χ2v) is 23.9. The molecule has 2 aliphatic carbocycles. The SMILES string of the molecule is Cc1cc2c(cc1N1c3cc4ccccc4c(-c4cc5ccccc5cc4Nc4ccc(-c5ccccc5)cc4)c3Bc3sc4cc5c(cc4c31)C(C)(C)CCC5(C)C)C(C)(C)CCC2(C)C. The number of thiophene rings is 1. The molecule has 0 spiro atoms. The highest BCUT2D eigenvalue weighted by molar-refractivity contribution is 7.29. The second-order valence-electron chi connectivity index (χ2n) is 22.8. The molecule has 0 unspecified atom stereocenters. The van der Waals surface area contributed by atoms with Crippen LogP contribution in [0.25, 0.3) is 53.9 Å². The summed E-state index contributed by atoms with van der Waals surface area (Å²) in [6, 6.07) is 55.4. The van der Waals surface area contributed by atoms with Gasteiger partial charge in [0.25, 0.3) is 0 Å². The molecular weight excluding hydrogens is 828 g/mol. The molecule has 0 saturated heterocycles. The zero-order valence-corrected chi connectivity index (χ0v) is 41.6. The van der Waals surface area contributed by atoms with Gasteiger partial charge in [-0.1, -0.05) is 152 Å². The monoisotopic (exact) mass is 888 g/mol. The van der Waals surface area contributed by atoms with Crippen molar-refractivity contribution in [1.82, 2.24) is 0 Å². The van der Waals surface area contributed by atoms with Crippen LogP contribution in [-0.2, 0) is 21.7 Å². The number of aryl methyl sites for hydroxylation is 1. The Labute approximate surface area is 402 Å². The number of fused-ring (bicyclic) bond motifs is 8.